The number of amides is 4. The lowest BCUT2D eigenvalue weighted by Gasteiger charge is -2.15. The molecule has 1 aliphatic rings. The summed E-state index contributed by atoms with van der Waals surface area (Å²) in [4.78, 5) is 38.2. The number of carbonyl (C=O) groups excluding carboxylic acids is 3. The van der Waals surface area contributed by atoms with E-state index < -0.39 is 6.03 Å². The van der Waals surface area contributed by atoms with Crippen LogP contribution in [0.3, 0.4) is 0 Å². The van der Waals surface area contributed by atoms with Crippen LogP contribution in [0.1, 0.15) is 34.6 Å². The van der Waals surface area contributed by atoms with E-state index in [1.54, 1.807) is 6.07 Å². The summed E-state index contributed by atoms with van der Waals surface area (Å²) in [5.41, 5.74) is 1.07. The van der Waals surface area contributed by atoms with Crippen molar-refractivity contribution < 1.29 is 19.5 Å². The number of benzene rings is 2. The van der Waals surface area contributed by atoms with Crippen LogP contribution in [0, 0.1) is 5.92 Å². The monoisotopic (exact) mass is 387 g/mol. The number of hydrogen-bond donors (Lipinski definition) is 3. The van der Waals surface area contributed by atoms with E-state index >= 15 is 0 Å². The highest BCUT2D eigenvalue weighted by atomic mass is 35.5. The molecule has 2 aromatic rings. The highest BCUT2D eigenvalue weighted by Crippen LogP contribution is 2.28. The van der Waals surface area contributed by atoms with Gasteiger partial charge in [0, 0.05) is 17.3 Å². The van der Waals surface area contributed by atoms with Crippen molar-refractivity contribution in [2.75, 3.05) is 17.2 Å². The van der Waals surface area contributed by atoms with Crippen LogP contribution in [-0.4, -0.2) is 34.4 Å². The molecular weight excluding hydrogens is 370 g/mol. The summed E-state index contributed by atoms with van der Waals surface area (Å²) in [6.45, 7) is 4.18. The zero-order chi connectivity index (χ0) is 19.7. The molecule has 8 heteroatoms. The quantitative estimate of drug-likeness (QED) is 0.546. The van der Waals surface area contributed by atoms with Gasteiger partial charge in [0.25, 0.3) is 11.8 Å². The highest BCUT2D eigenvalue weighted by molar-refractivity contribution is 6.31. The van der Waals surface area contributed by atoms with Crippen LogP contribution in [0.4, 0.5) is 16.2 Å². The summed E-state index contributed by atoms with van der Waals surface area (Å²) >= 11 is 5.85. The number of phenols is 1. The first-order valence-corrected chi connectivity index (χ1v) is 8.71. The third kappa shape index (κ3) is 3.88. The number of nitrogens with zero attached hydrogens (tertiary/aromatic N) is 1. The number of rotatable bonds is 4. The first-order chi connectivity index (χ1) is 12.8. The van der Waals surface area contributed by atoms with E-state index in [2.05, 4.69) is 10.6 Å². The predicted molar refractivity (Wildman–Crippen MR) is 102 cm³/mol. The number of anilines is 2. The van der Waals surface area contributed by atoms with Gasteiger partial charge in [-0.3, -0.25) is 14.5 Å². The smallest absolute Gasteiger partial charge is 0.323 e. The molecule has 0 bridgehead atoms. The zero-order valence-corrected chi connectivity index (χ0v) is 15.5. The summed E-state index contributed by atoms with van der Waals surface area (Å²) in [5, 5.41) is 15.2. The van der Waals surface area contributed by atoms with Crippen LogP contribution in [0.2, 0.25) is 5.02 Å². The van der Waals surface area contributed by atoms with Gasteiger partial charge in [-0.25, -0.2) is 4.79 Å². The van der Waals surface area contributed by atoms with Gasteiger partial charge in [-0.2, -0.15) is 0 Å². The highest BCUT2D eigenvalue weighted by Gasteiger charge is 2.35. The summed E-state index contributed by atoms with van der Waals surface area (Å²) in [6, 6.07) is 8.16. The Balaban J connectivity index is 1.76. The summed E-state index contributed by atoms with van der Waals surface area (Å²) < 4.78 is 0. The Morgan fingerprint density at radius 1 is 1.07 bits per heavy atom. The fourth-order valence-electron chi connectivity index (χ4n) is 2.79. The third-order valence-electron chi connectivity index (χ3n) is 3.98. The van der Waals surface area contributed by atoms with Gasteiger partial charge in [-0.15, -0.1) is 0 Å². The third-order valence-corrected chi connectivity index (χ3v) is 4.22. The van der Waals surface area contributed by atoms with E-state index in [1.165, 1.54) is 35.2 Å². The SMILES string of the molecule is CC(C)CN1C(=O)c2ccc(NC(=O)Nc3cc(Cl)ccc3O)cc2C1=O. The molecule has 0 aliphatic carbocycles. The van der Waals surface area contributed by atoms with Gasteiger partial charge in [0.2, 0.25) is 0 Å². The summed E-state index contributed by atoms with van der Waals surface area (Å²) in [5.74, 6) is -0.682. The zero-order valence-electron chi connectivity index (χ0n) is 14.7. The van der Waals surface area contributed by atoms with Crippen LogP contribution in [-0.2, 0) is 0 Å². The van der Waals surface area contributed by atoms with Gasteiger partial charge < -0.3 is 15.7 Å². The number of halogens is 1. The normalized spacial score (nSPS) is 13.1. The first kappa shape index (κ1) is 18.7. The number of aromatic hydroxyl groups is 1. The van der Waals surface area contributed by atoms with E-state index in [4.69, 9.17) is 11.6 Å². The Kier molecular flexibility index (Phi) is 5.05. The van der Waals surface area contributed by atoms with E-state index in [0.29, 0.717) is 22.8 Å². The van der Waals surface area contributed by atoms with Crippen molar-refractivity contribution in [3.8, 4) is 5.75 Å². The second kappa shape index (κ2) is 7.28. The molecule has 3 rings (SSSR count). The van der Waals surface area contributed by atoms with Crippen LogP contribution < -0.4 is 10.6 Å². The van der Waals surface area contributed by atoms with Gasteiger partial charge in [-0.1, -0.05) is 25.4 Å². The molecule has 1 aliphatic heterocycles. The van der Waals surface area contributed by atoms with Gasteiger partial charge in [0.05, 0.1) is 16.8 Å². The topological polar surface area (TPSA) is 98.7 Å². The molecule has 1 heterocycles. The van der Waals surface area contributed by atoms with Crippen molar-refractivity contribution >= 4 is 40.8 Å². The molecule has 7 nitrogen and oxygen atoms in total. The summed E-state index contributed by atoms with van der Waals surface area (Å²) in [7, 11) is 0. The van der Waals surface area contributed by atoms with Gasteiger partial charge >= 0.3 is 6.03 Å². The Hall–Kier alpha value is -3.06. The molecule has 2 aromatic carbocycles. The average molecular weight is 388 g/mol. The van der Waals surface area contributed by atoms with E-state index in [9.17, 15) is 19.5 Å². The molecular formula is C19H18ClN3O4. The minimum atomic E-state index is -0.622. The van der Waals surface area contributed by atoms with Gasteiger partial charge in [-0.05, 0) is 42.3 Å². The molecule has 140 valence electrons. The van der Waals surface area contributed by atoms with Crippen molar-refractivity contribution in [2.24, 2.45) is 5.92 Å². The molecule has 27 heavy (non-hydrogen) atoms. The lowest BCUT2D eigenvalue weighted by molar-refractivity contribution is 0.0636. The summed E-state index contributed by atoms with van der Waals surface area (Å²) in [6.07, 6.45) is 0. The van der Waals surface area contributed by atoms with Crippen molar-refractivity contribution in [2.45, 2.75) is 13.8 Å². The van der Waals surface area contributed by atoms with E-state index in [0.717, 1.165) is 0 Å². The maximum Gasteiger partial charge on any atom is 0.323 e. The largest absolute Gasteiger partial charge is 0.506 e. The van der Waals surface area contributed by atoms with Crippen molar-refractivity contribution in [1.82, 2.24) is 4.90 Å². The fraction of sp³-hybridized carbons (Fsp3) is 0.211. The van der Waals surface area contributed by atoms with Crippen molar-refractivity contribution in [1.29, 1.82) is 0 Å². The van der Waals surface area contributed by atoms with E-state index in [1.807, 2.05) is 13.8 Å². The minimum absolute atomic E-state index is 0.131. The maximum atomic E-state index is 12.5. The van der Waals surface area contributed by atoms with Crippen LogP contribution in [0.25, 0.3) is 0 Å². The minimum Gasteiger partial charge on any atom is -0.506 e. The van der Waals surface area contributed by atoms with Crippen molar-refractivity contribution in [3.05, 3.63) is 52.5 Å². The number of nitrogens with one attached hydrogen (secondary N) is 2. The van der Waals surface area contributed by atoms with Gasteiger partial charge in [0.1, 0.15) is 5.75 Å². The molecule has 0 spiro atoms. The molecule has 0 saturated carbocycles. The Bertz CT molecular complexity index is 943. The number of fused-ring (bicyclic) bond motifs is 1. The molecule has 0 aromatic heterocycles. The maximum absolute atomic E-state index is 12.5. The van der Waals surface area contributed by atoms with Crippen LogP contribution in [0.5, 0.6) is 5.75 Å². The van der Waals surface area contributed by atoms with Crippen LogP contribution >= 0.6 is 11.6 Å². The molecule has 3 N–H and O–H groups in total. The second-order valence-corrected chi connectivity index (χ2v) is 7.05. The lowest BCUT2D eigenvalue weighted by atomic mass is 10.1. The first-order valence-electron chi connectivity index (χ1n) is 8.33. The number of carbonyl (C=O) groups is 3. The average Bonchev–Trinajstić information content (AvgIpc) is 2.82. The molecule has 0 unspecified atom stereocenters. The Labute approximate surface area is 160 Å². The van der Waals surface area contributed by atoms with Crippen LogP contribution in [0.15, 0.2) is 36.4 Å². The fourth-order valence-corrected chi connectivity index (χ4v) is 2.96. The molecule has 0 radical (unpaired) electrons. The molecule has 4 amide bonds. The number of urea groups is 1. The predicted octanol–water partition coefficient (Wildman–Crippen LogP) is 3.94. The lowest BCUT2D eigenvalue weighted by Crippen LogP contribution is -2.33. The van der Waals surface area contributed by atoms with Gasteiger partial charge in [0.15, 0.2) is 0 Å². The molecule has 0 fully saturated rings. The molecule has 0 atom stereocenters. The Morgan fingerprint density at radius 3 is 2.48 bits per heavy atom. The Morgan fingerprint density at radius 2 is 1.78 bits per heavy atom. The number of imide groups is 1. The molecule has 0 saturated heterocycles. The second-order valence-electron chi connectivity index (χ2n) is 6.62. The standard InChI is InChI=1S/C19H18ClN3O4/c1-10(2)9-23-17(25)13-5-4-12(8-14(13)18(23)26)21-19(27)22-15-7-11(20)3-6-16(15)24/h3-8,10,24H,9H2,1-2H3,(H2,21,22,27). The van der Waals surface area contributed by atoms with Crippen molar-refractivity contribution in [3.63, 3.8) is 0 Å². The number of hydrogen-bond acceptors (Lipinski definition) is 4. The number of phenolic OH excluding ortho intramolecular Hbond substituents is 1. The van der Waals surface area contributed by atoms with E-state index in [-0.39, 0.29) is 34.7 Å².